The van der Waals surface area contributed by atoms with Gasteiger partial charge in [0.05, 0.1) is 11.9 Å². The second-order valence-corrected chi connectivity index (χ2v) is 5.92. The number of amides is 2. The predicted molar refractivity (Wildman–Crippen MR) is 93.8 cm³/mol. The standard InChI is InChI=1S/C17H13F3N6O4/c1-8-4-11(14-25-15(30-26-14)17(18,19)20)23-6-12(8)24-16(28)29-7-9-2-3-10(13(21)27)22-5-9/h2-6H,7H2,1H3,(H2,21,27)(H,24,28). The Morgan fingerprint density at radius 3 is 2.57 bits per heavy atom. The van der Waals surface area contributed by atoms with Gasteiger partial charge in [-0.2, -0.15) is 18.2 Å². The Morgan fingerprint density at radius 1 is 1.23 bits per heavy atom. The minimum atomic E-state index is -4.76. The molecule has 0 aliphatic heterocycles. The van der Waals surface area contributed by atoms with Gasteiger partial charge in [-0.1, -0.05) is 11.2 Å². The molecule has 0 fully saturated rings. The van der Waals surface area contributed by atoms with Crippen LogP contribution in [-0.4, -0.2) is 32.1 Å². The van der Waals surface area contributed by atoms with Crippen molar-refractivity contribution in [1.82, 2.24) is 20.1 Å². The molecule has 0 aromatic carbocycles. The third kappa shape index (κ3) is 4.87. The maximum Gasteiger partial charge on any atom is 0.471 e. The number of nitrogens with zero attached hydrogens (tertiary/aromatic N) is 4. The normalized spacial score (nSPS) is 11.2. The zero-order chi connectivity index (χ0) is 21.9. The van der Waals surface area contributed by atoms with Crippen LogP contribution >= 0.6 is 0 Å². The number of nitrogens with two attached hydrogens (primary N) is 1. The van der Waals surface area contributed by atoms with Gasteiger partial charge in [-0.05, 0) is 24.6 Å². The number of aromatic nitrogens is 4. The number of halogens is 3. The molecule has 0 unspecified atom stereocenters. The summed E-state index contributed by atoms with van der Waals surface area (Å²) < 4.78 is 46.9. The van der Waals surface area contributed by atoms with Gasteiger partial charge in [0.15, 0.2) is 0 Å². The van der Waals surface area contributed by atoms with E-state index in [2.05, 4.69) is 29.9 Å². The fourth-order valence-electron chi connectivity index (χ4n) is 2.20. The fourth-order valence-corrected chi connectivity index (χ4v) is 2.20. The van der Waals surface area contributed by atoms with Gasteiger partial charge in [-0.25, -0.2) is 4.79 Å². The SMILES string of the molecule is Cc1cc(-c2noc(C(F)(F)F)n2)ncc1NC(=O)OCc1ccc(C(N)=O)nc1. The second-order valence-electron chi connectivity index (χ2n) is 5.92. The molecule has 0 spiro atoms. The summed E-state index contributed by atoms with van der Waals surface area (Å²) in [7, 11) is 0. The molecule has 13 heteroatoms. The molecule has 0 radical (unpaired) electrons. The van der Waals surface area contributed by atoms with Gasteiger partial charge in [0.25, 0.3) is 5.91 Å². The molecule has 156 valence electrons. The van der Waals surface area contributed by atoms with Crippen LogP contribution in [0.1, 0.15) is 27.5 Å². The molecule has 30 heavy (non-hydrogen) atoms. The van der Waals surface area contributed by atoms with Gasteiger partial charge in [0.1, 0.15) is 18.0 Å². The molecule has 3 rings (SSSR count). The van der Waals surface area contributed by atoms with Gasteiger partial charge in [0, 0.05) is 11.8 Å². The lowest BCUT2D eigenvalue weighted by molar-refractivity contribution is -0.159. The number of anilines is 1. The van der Waals surface area contributed by atoms with E-state index in [0.29, 0.717) is 11.1 Å². The molecule has 3 aromatic rings. The highest BCUT2D eigenvalue weighted by molar-refractivity contribution is 5.90. The first-order valence-corrected chi connectivity index (χ1v) is 8.20. The molecule has 0 aliphatic rings. The van der Waals surface area contributed by atoms with Crippen molar-refractivity contribution in [1.29, 1.82) is 0 Å². The van der Waals surface area contributed by atoms with Crippen molar-refractivity contribution >= 4 is 17.7 Å². The van der Waals surface area contributed by atoms with Crippen LogP contribution in [0.4, 0.5) is 23.7 Å². The van der Waals surface area contributed by atoms with Crippen molar-refractivity contribution in [2.45, 2.75) is 19.7 Å². The monoisotopic (exact) mass is 422 g/mol. The molecule has 0 aliphatic carbocycles. The maximum absolute atomic E-state index is 12.6. The van der Waals surface area contributed by atoms with E-state index in [1.54, 1.807) is 6.92 Å². The number of nitrogens with one attached hydrogen (secondary N) is 1. The molecule has 3 heterocycles. The quantitative estimate of drug-likeness (QED) is 0.638. The number of alkyl halides is 3. The summed E-state index contributed by atoms with van der Waals surface area (Å²) in [5, 5.41) is 5.70. The van der Waals surface area contributed by atoms with Crippen molar-refractivity contribution in [3.05, 3.63) is 53.3 Å². The van der Waals surface area contributed by atoms with E-state index in [4.69, 9.17) is 10.5 Å². The zero-order valence-corrected chi connectivity index (χ0v) is 15.2. The molecule has 0 saturated heterocycles. The van der Waals surface area contributed by atoms with E-state index in [9.17, 15) is 22.8 Å². The summed E-state index contributed by atoms with van der Waals surface area (Å²) in [4.78, 5) is 33.9. The Kier molecular flexibility index (Phi) is 5.62. The number of ether oxygens (including phenoxy) is 1. The van der Waals surface area contributed by atoms with Crippen molar-refractivity contribution < 1.29 is 32.0 Å². The number of hydrogen-bond acceptors (Lipinski definition) is 8. The van der Waals surface area contributed by atoms with Gasteiger partial charge >= 0.3 is 18.2 Å². The number of hydrogen-bond donors (Lipinski definition) is 2. The molecule has 3 aromatic heterocycles. The highest BCUT2D eigenvalue weighted by atomic mass is 19.4. The lowest BCUT2D eigenvalue weighted by Crippen LogP contribution is -2.15. The van der Waals surface area contributed by atoms with E-state index in [0.717, 1.165) is 0 Å². The van der Waals surface area contributed by atoms with Crippen LogP contribution in [-0.2, 0) is 17.5 Å². The number of carbonyl (C=O) groups excluding carboxylic acids is 2. The lowest BCUT2D eigenvalue weighted by Gasteiger charge is -2.09. The van der Waals surface area contributed by atoms with Crippen molar-refractivity contribution in [3.63, 3.8) is 0 Å². The smallest absolute Gasteiger partial charge is 0.444 e. The van der Waals surface area contributed by atoms with Gasteiger partial charge in [-0.3, -0.25) is 20.1 Å². The van der Waals surface area contributed by atoms with Crippen molar-refractivity contribution in [2.24, 2.45) is 5.73 Å². The van der Waals surface area contributed by atoms with E-state index in [1.165, 1.54) is 30.6 Å². The third-order valence-corrected chi connectivity index (χ3v) is 3.69. The summed E-state index contributed by atoms with van der Waals surface area (Å²) in [6, 6.07) is 4.31. The van der Waals surface area contributed by atoms with Crippen LogP contribution in [0, 0.1) is 6.92 Å². The van der Waals surface area contributed by atoms with Gasteiger partial charge < -0.3 is 15.0 Å². The Hall–Kier alpha value is -4.03. The van der Waals surface area contributed by atoms with Crippen molar-refractivity contribution in [2.75, 3.05) is 5.32 Å². The van der Waals surface area contributed by atoms with Crippen molar-refractivity contribution in [3.8, 4) is 11.5 Å². The topological polar surface area (TPSA) is 146 Å². The van der Waals surface area contributed by atoms with E-state index in [-0.39, 0.29) is 29.5 Å². The molecular weight excluding hydrogens is 409 g/mol. The first kappa shape index (κ1) is 20.7. The summed E-state index contributed by atoms with van der Waals surface area (Å²) in [6.45, 7) is 1.48. The summed E-state index contributed by atoms with van der Waals surface area (Å²) in [5.74, 6) is -2.50. The molecule has 0 saturated carbocycles. The van der Waals surface area contributed by atoms with Crippen LogP contribution in [0.3, 0.4) is 0 Å². The summed E-state index contributed by atoms with van der Waals surface area (Å²) >= 11 is 0. The number of primary amides is 1. The average Bonchev–Trinajstić information content (AvgIpc) is 3.19. The molecule has 10 nitrogen and oxygen atoms in total. The summed E-state index contributed by atoms with van der Waals surface area (Å²) in [6.07, 6.45) is -3.00. The fraction of sp³-hybridized carbons (Fsp3) is 0.176. The first-order chi connectivity index (χ1) is 14.1. The minimum Gasteiger partial charge on any atom is -0.444 e. The first-order valence-electron chi connectivity index (χ1n) is 8.20. The van der Waals surface area contributed by atoms with Crippen LogP contribution < -0.4 is 11.1 Å². The molecule has 2 amide bonds. The Morgan fingerprint density at radius 2 is 2.00 bits per heavy atom. The minimum absolute atomic E-state index is 0.0336. The average molecular weight is 422 g/mol. The van der Waals surface area contributed by atoms with E-state index in [1.807, 2.05) is 0 Å². The number of rotatable bonds is 5. The maximum atomic E-state index is 12.6. The van der Waals surface area contributed by atoms with Crippen LogP contribution in [0.5, 0.6) is 0 Å². The van der Waals surface area contributed by atoms with E-state index < -0.39 is 24.1 Å². The second kappa shape index (κ2) is 8.14. The molecular formula is C17H13F3N6O4. The molecule has 3 N–H and O–H groups in total. The Bertz CT molecular complexity index is 1080. The largest absolute Gasteiger partial charge is 0.471 e. The molecule has 0 atom stereocenters. The van der Waals surface area contributed by atoms with Crippen LogP contribution in [0.2, 0.25) is 0 Å². The highest BCUT2D eigenvalue weighted by Gasteiger charge is 2.38. The zero-order valence-electron chi connectivity index (χ0n) is 15.2. The number of pyridine rings is 2. The van der Waals surface area contributed by atoms with Crippen LogP contribution in [0.15, 0.2) is 35.1 Å². The predicted octanol–water partition coefficient (Wildman–Crippen LogP) is 2.70. The number of carbonyl (C=O) groups is 2. The van der Waals surface area contributed by atoms with E-state index >= 15 is 0 Å². The number of aryl methyl sites for hydroxylation is 1. The lowest BCUT2D eigenvalue weighted by atomic mass is 10.2. The van der Waals surface area contributed by atoms with Crippen LogP contribution in [0.25, 0.3) is 11.5 Å². The van der Waals surface area contributed by atoms with Gasteiger partial charge in [0.2, 0.25) is 5.82 Å². The Labute approximate surface area is 166 Å². The Balaban J connectivity index is 1.62. The molecule has 0 bridgehead atoms. The summed E-state index contributed by atoms with van der Waals surface area (Å²) in [5.41, 5.74) is 6.47. The third-order valence-electron chi connectivity index (χ3n) is 3.69. The van der Waals surface area contributed by atoms with Gasteiger partial charge in [-0.15, -0.1) is 0 Å². The highest BCUT2D eigenvalue weighted by Crippen LogP contribution is 2.29.